The Morgan fingerprint density at radius 1 is 1.35 bits per heavy atom. The van der Waals surface area contributed by atoms with Gasteiger partial charge in [0.2, 0.25) is 5.91 Å². The van der Waals surface area contributed by atoms with Crippen LogP contribution in [0, 0.1) is 5.82 Å². The summed E-state index contributed by atoms with van der Waals surface area (Å²) >= 11 is 1.52. The van der Waals surface area contributed by atoms with Gasteiger partial charge in [0, 0.05) is 17.2 Å². The first-order valence-electron chi connectivity index (χ1n) is 7.34. The standard InChI is InChI=1S/C16H18FN3OS.ClH/c1-18-9-14(21)19-16-20-15(11-4-5-11)13(22-16)8-10-2-6-12(17)7-3-10;/h2-3,6-7,11,18H,4-5,8-9H2,1H3,(H,19,20,21);1H. The van der Waals surface area contributed by atoms with Crippen molar-refractivity contribution in [2.45, 2.75) is 25.2 Å². The molecular formula is C16H19ClFN3OS. The molecule has 0 saturated heterocycles. The number of likely N-dealkylation sites (N-methyl/N-ethyl adjacent to an activating group) is 1. The van der Waals surface area contributed by atoms with Crippen LogP contribution in [0.3, 0.4) is 0 Å². The van der Waals surface area contributed by atoms with Gasteiger partial charge in [0.15, 0.2) is 5.13 Å². The van der Waals surface area contributed by atoms with Gasteiger partial charge in [-0.2, -0.15) is 0 Å². The smallest absolute Gasteiger partial charge is 0.240 e. The Morgan fingerprint density at radius 3 is 2.65 bits per heavy atom. The summed E-state index contributed by atoms with van der Waals surface area (Å²) in [5, 5.41) is 6.30. The van der Waals surface area contributed by atoms with Crippen LogP contribution in [0.25, 0.3) is 0 Å². The topological polar surface area (TPSA) is 54.0 Å². The van der Waals surface area contributed by atoms with Crippen molar-refractivity contribution in [3.05, 3.63) is 46.2 Å². The Hall–Kier alpha value is -1.50. The molecule has 4 nitrogen and oxygen atoms in total. The quantitative estimate of drug-likeness (QED) is 0.835. The zero-order valence-corrected chi connectivity index (χ0v) is 14.4. The number of anilines is 1. The summed E-state index contributed by atoms with van der Waals surface area (Å²) in [6, 6.07) is 6.54. The summed E-state index contributed by atoms with van der Waals surface area (Å²) in [4.78, 5) is 17.4. The van der Waals surface area contributed by atoms with Crippen molar-refractivity contribution >= 4 is 34.8 Å². The van der Waals surface area contributed by atoms with Gasteiger partial charge in [-0.1, -0.05) is 12.1 Å². The molecule has 124 valence electrons. The molecule has 1 aromatic heterocycles. The molecule has 0 unspecified atom stereocenters. The minimum atomic E-state index is -0.226. The van der Waals surface area contributed by atoms with Crippen LogP contribution in [0.1, 0.15) is 34.9 Å². The molecule has 0 aliphatic heterocycles. The van der Waals surface area contributed by atoms with Gasteiger partial charge in [-0.05, 0) is 37.6 Å². The highest BCUT2D eigenvalue weighted by molar-refractivity contribution is 7.15. The van der Waals surface area contributed by atoms with Crippen LogP contribution in [0.15, 0.2) is 24.3 Å². The number of aromatic nitrogens is 1. The predicted octanol–water partition coefficient (Wildman–Crippen LogP) is 3.33. The zero-order chi connectivity index (χ0) is 15.5. The van der Waals surface area contributed by atoms with Crippen molar-refractivity contribution < 1.29 is 9.18 Å². The van der Waals surface area contributed by atoms with Crippen LogP contribution in [0.5, 0.6) is 0 Å². The fourth-order valence-electron chi connectivity index (χ4n) is 2.33. The number of halogens is 2. The number of hydrogen-bond donors (Lipinski definition) is 2. The van der Waals surface area contributed by atoms with Crippen LogP contribution in [0.4, 0.5) is 9.52 Å². The average molecular weight is 356 g/mol. The predicted molar refractivity (Wildman–Crippen MR) is 93.1 cm³/mol. The Labute approximate surface area is 144 Å². The number of carbonyl (C=O) groups excluding carboxylic acids is 1. The number of nitrogens with zero attached hydrogens (tertiary/aromatic N) is 1. The molecular weight excluding hydrogens is 337 g/mol. The second-order valence-corrected chi connectivity index (χ2v) is 6.57. The van der Waals surface area contributed by atoms with Gasteiger partial charge in [0.1, 0.15) is 5.82 Å². The summed E-state index contributed by atoms with van der Waals surface area (Å²) in [5.74, 6) is 0.198. The molecule has 1 amide bonds. The lowest BCUT2D eigenvalue weighted by molar-refractivity contribution is -0.115. The summed E-state index contributed by atoms with van der Waals surface area (Å²) in [6.45, 7) is 0.269. The van der Waals surface area contributed by atoms with E-state index in [2.05, 4.69) is 15.6 Å². The molecule has 1 aliphatic rings. The third-order valence-electron chi connectivity index (χ3n) is 3.55. The lowest BCUT2D eigenvalue weighted by Gasteiger charge is -2.01. The molecule has 1 aliphatic carbocycles. The second kappa shape index (κ2) is 7.86. The SMILES string of the molecule is CNCC(=O)Nc1nc(C2CC2)c(Cc2ccc(F)cc2)s1.Cl. The normalized spacial score (nSPS) is 13.5. The van der Waals surface area contributed by atoms with Gasteiger partial charge < -0.3 is 10.6 Å². The summed E-state index contributed by atoms with van der Waals surface area (Å²) < 4.78 is 13.0. The van der Waals surface area contributed by atoms with E-state index >= 15 is 0 Å². The van der Waals surface area contributed by atoms with Gasteiger partial charge in [-0.25, -0.2) is 9.37 Å². The number of nitrogens with one attached hydrogen (secondary N) is 2. The third-order valence-corrected chi connectivity index (χ3v) is 4.54. The maximum absolute atomic E-state index is 13.0. The van der Waals surface area contributed by atoms with Gasteiger partial charge in [0.25, 0.3) is 0 Å². The molecule has 0 bridgehead atoms. The molecule has 1 aromatic carbocycles. The number of hydrogen-bond acceptors (Lipinski definition) is 4. The van der Waals surface area contributed by atoms with Crippen LogP contribution in [0.2, 0.25) is 0 Å². The van der Waals surface area contributed by atoms with E-state index in [1.54, 1.807) is 19.2 Å². The largest absolute Gasteiger partial charge is 0.311 e. The Morgan fingerprint density at radius 2 is 2.04 bits per heavy atom. The Bertz CT molecular complexity index is 670. The minimum absolute atomic E-state index is 0. The van der Waals surface area contributed by atoms with E-state index in [-0.39, 0.29) is 30.7 Å². The number of thiazole rings is 1. The van der Waals surface area contributed by atoms with Crippen molar-refractivity contribution in [1.29, 1.82) is 0 Å². The van der Waals surface area contributed by atoms with Gasteiger partial charge >= 0.3 is 0 Å². The average Bonchev–Trinajstić information content (AvgIpc) is 3.25. The molecule has 2 N–H and O–H groups in total. The van der Waals surface area contributed by atoms with Crippen LogP contribution in [-0.2, 0) is 11.2 Å². The Balaban J connectivity index is 0.00000192. The number of benzene rings is 1. The first kappa shape index (κ1) is 17.8. The Kier molecular flexibility index (Phi) is 6.10. The lowest BCUT2D eigenvalue weighted by atomic mass is 10.1. The van der Waals surface area contributed by atoms with Crippen molar-refractivity contribution in [1.82, 2.24) is 10.3 Å². The highest BCUT2D eigenvalue weighted by atomic mass is 35.5. The van der Waals surface area contributed by atoms with E-state index in [1.807, 2.05) is 0 Å². The van der Waals surface area contributed by atoms with Crippen molar-refractivity contribution in [2.75, 3.05) is 18.9 Å². The second-order valence-electron chi connectivity index (χ2n) is 5.48. The summed E-state index contributed by atoms with van der Waals surface area (Å²) in [6.07, 6.45) is 3.04. The molecule has 1 heterocycles. The maximum atomic E-state index is 13.0. The zero-order valence-electron chi connectivity index (χ0n) is 12.8. The fraction of sp³-hybridized carbons (Fsp3) is 0.375. The fourth-order valence-corrected chi connectivity index (χ4v) is 3.43. The highest BCUT2D eigenvalue weighted by Gasteiger charge is 2.29. The van der Waals surface area contributed by atoms with Crippen molar-refractivity contribution in [2.24, 2.45) is 0 Å². The summed E-state index contributed by atoms with van der Waals surface area (Å²) in [7, 11) is 1.73. The lowest BCUT2D eigenvalue weighted by Crippen LogP contribution is -2.24. The van der Waals surface area contributed by atoms with Crippen molar-refractivity contribution in [3.8, 4) is 0 Å². The van der Waals surface area contributed by atoms with Crippen LogP contribution >= 0.6 is 23.7 Å². The molecule has 0 radical (unpaired) electrons. The molecule has 2 aromatic rings. The van der Waals surface area contributed by atoms with E-state index in [1.165, 1.54) is 23.5 Å². The van der Waals surface area contributed by atoms with Crippen LogP contribution < -0.4 is 10.6 Å². The molecule has 0 spiro atoms. The molecule has 3 rings (SSSR count). The van der Waals surface area contributed by atoms with E-state index in [0.717, 1.165) is 35.4 Å². The molecule has 23 heavy (non-hydrogen) atoms. The van der Waals surface area contributed by atoms with Gasteiger partial charge in [-0.15, -0.1) is 23.7 Å². The maximum Gasteiger partial charge on any atom is 0.240 e. The molecule has 7 heteroatoms. The molecule has 1 fully saturated rings. The van der Waals surface area contributed by atoms with E-state index in [0.29, 0.717) is 11.0 Å². The minimum Gasteiger partial charge on any atom is -0.311 e. The summed E-state index contributed by atoms with van der Waals surface area (Å²) in [5.41, 5.74) is 2.15. The highest BCUT2D eigenvalue weighted by Crippen LogP contribution is 2.44. The first-order chi connectivity index (χ1) is 10.7. The monoisotopic (exact) mass is 355 g/mol. The van der Waals surface area contributed by atoms with Gasteiger partial charge in [0.05, 0.1) is 12.2 Å². The van der Waals surface area contributed by atoms with E-state index in [4.69, 9.17) is 0 Å². The third kappa shape index (κ3) is 4.73. The molecule has 1 saturated carbocycles. The van der Waals surface area contributed by atoms with Gasteiger partial charge in [-0.3, -0.25) is 4.79 Å². The van der Waals surface area contributed by atoms with Crippen molar-refractivity contribution in [3.63, 3.8) is 0 Å². The van der Waals surface area contributed by atoms with Crippen LogP contribution in [-0.4, -0.2) is 24.5 Å². The molecule has 0 atom stereocenters. The number of carbonyl (C=O) groups is 1. The van der Waals surface area contributed by atoms with E-state index < -0.39 is 0 Å². The van der Waals surface area contributed by atoms with E-state index in [9.17, 15) is 9.18 Å². The number of amides is 1. The first-order valence-corrected chi connectivity index (χ1v) is 8.16. The number of rotatable bonds is 6.